The van der Waals surface area contributed by atoms with Gasteiger partial charge in [-0.15, -0.1) is 0 Å². The molecule has 1 fully saturated rings. The van der Waals surface area contributed by atoms with Crippen LogP contribution in [0.5, 0.6) is 0 Å². The summed E-state index contributed by atoms with van der Waals surface area (Å²) in [6.45, 7) is 9.50. The van der Waals surface area contributed by atoms with Gasteiger partial charge in [-0.3, -0.25) is 19.2 Å². The van der Waals surface area contributed by atoms with Crippen LogP contribution in [0, 0.1) is 23.2 Å². The normalized spacial score (nSPS) is 23.5. The van der Waals surface area contributed by atoms with Crippen molar-refractivity contribution in [2.24, 2.45) is 23.2 Å². The first kappa shape index (κ1) is 30.3. The van der Waals surface area contributed by atoms with Crippen molar-refractivity contribution < 1.29 is 34.1 Å². The number of nitrogens with one attached hydrogen (secondary N) is 2. The molecule has 0 saturated carbocycles. The van der Waals surface area contributed by atoms with Crippen LogP contribution in [0.4, 0.5) is 0 Å². The maximum atomic E-state index is 13.0. The van der Waals surface area contributed by atoms with Crippen LogP contribution in [0.25, 0.3) is 0 Å². The van der Waals surface area contributed by atoms with E-state index in [-0.39, 0.29) is 30.5 Å². The van der Waals surface area contributed by atoms with Gasteiger partial charge in [0.1, 0.15) is 5.92 Å². The fourth-order valence-corrected chi connectivity index (χ4v) is 4.56. The van der Waals surface area contributed by atoms with Gasteiger partial charge in [0.25, 0.3) is 0 Å². The molecule has 5 unspecified atom stereocenters. The number of aliphatic carboxylic acids is 2. The van der Waals surface area contributed by atoms with Gasteiger partial charge in [0.2, 0.25) is 11.8 Å². The lowest BCUT2D eigenvalue weighted by atomic mass is 9.72. The zero-order valence-corrected chi connectivity index (χ0v) is 22.2. The van der Waals surface area contributed by atoms with E-state index in [1.54, 1.807) is 13.8 Å². The largest absolute Gasteiger partial charge is 0.481 e. The molecule has 194 valence electrons. The van der Waals surface area contributed by atoms with Gasteiger partial charge in [0.15, 0.2) is 0 Å². The number of rotatable bonds is 11. The van der Waals surface area contributed by atoms with Crippen molar-refractivity contribution in [3.8, 4) is 0 Å². The maximum absolute atomic E-state index is 13.0. The molecule has 5 atom stereocenters. The van der Waals surface area contributed by atoms with Crippen molar-refractivity contribution in [1.29, 1.82) is 0 Å². The van der Waals surface area contributed by atoms with E-state index in [0.717, 1.165) is 0 Å². The summed E-state index contributed by atoms with van der Waals surface area (Å²) >= 11 is 8.16. The fraction of sp³-hybridized carbons (Fsp3) is 0.739. The molecule has 0 aliphatic carbocycles. The van der Waals surface area contributed by atoms with Crippen molar-refractivity contribution in [1.82, 2.24) is 10.6 Å². The van der Waals surface area contributed by atoms with Crippen LogP contribution in [-0.4, -0.2) is 70.8 Å². The summed E-state index contributed by atoms with van der Waals surface area (Å²) in [4.78, 5) is 50.5. The van der Waals surface area contributed by atoms with Crippen LogP contribution >= 0.6 is 25.3 Å². The highest BCUT2D eigenvalue weighted by Gasteiger charge is 2.51. The molecule has 0 aromatic carbocycles. The Morgan fingerprint density at radius 2 is 1.59 bits per heavy atom. The third-order valence-corrected chi connectivity index (χ3v) is 6.09. The number of carboxylic acids is 2. The predicted octanol–water partition coefficient (Wildman–Crippen LogP) is 2.03. The van der Waals surface area contributed by atoms with Gasteiger partial charge in [0, 0.05) is 30.2 Å². The lowest BCUT2D eigenvalue weighted by Crippen LogP contribution is -2.54. The topological polar surface area (TPSA) is 142 Å². The molecular formula is C23H38N2O7S2. The Labute approximate surface area is 212 Å². The third-order valence-electron chi connectivity index (χ3n) is 5.65. The third kappa shape index (κ3) is 8.49. The predicted molar refractivity (Wildman–Crippen MR) is 135 cm³/mol. The Kier molecular flexibility index (Phi) is 11.9. The molecule has 1 aliphatic rings. The summed E-state index contributed by atoms with van der Waals surface area (Å²) in [7, 11) is 0. The molecule has 1 aliphatic heterocycles. The minimum absolute atomic E-state index is 0.0390. The van der Waals surface area contributed by atoms with Crippen molar-refractivity contribution in [2.45, 2.75) is 59.7 Å². The number of thiol groups is 2. The molecule has 1 rings (SSSR count). The highest BCUT2D eigenvalue weighted by Crippen LogP contribution is 2.41. The number of carbonyl (C=O) groups excluding carboxylic acids is 2. The summed E-state index contributed by atoms with van der Waals surface area (Å²) in [5.41, 5.74) is 0.183. The number of amides is 2. The number of carboxylic acid groups (broad SMARTS) is 2. The smallest absolute Gasteiger partial charge is 0.313 e. The number of hydrogen-bond donors (Lipinski definition) is 6. The average molecular weight is 519 g/mol. The molecule has 0 radical (unpaired) electrons. The van der Waals surface area contributed by atoms with Gasteiger partial charge in [0.05, 0.1) is 24.0 Å². The Bertz CT molecular complexity index is 791. The molecule has 0 bridgehead atoms. The summed E-state index contributed by atoms with van der Waals surface area (Å²) < 4.78 is 6.14. The summed E-state index contributed by atoms with van der Waals surface area (Å²) in [5.74, 6) is -6.30. The van der Waals surface area contributed by atoms with Crippen molar-refractivity contribution in [3.05, 3.63) is 11.1 Å². The second kappa shape index (κ2) is 13.4. The number of ether oxygens (including phenoxy) is 1. The number of carbonyl (C=O) groups is 4. The molecule has 4 N–H and O–H groups in total. The van der Waals surface area contributed by atoms with Gasteiger partial charge >= 0.3 is 11.9 Å². The van der Waals surface area contributed by atoms with Gasteiger partial charge in [-0.05, 0) is 32.1 Å². The lowest BCUT2D eigenvalue weighted by Gasteiger charge is -2.43. The second-order valence-corrected chi connectivity index (χ2v) is 10.8. The Balaban J connectivity index is 3.53. The first-order chi connectivity index (χ1) is 15.7. The van der Waals surface area contributed by atoms with Crippen LogP contribution < -0.4 is 10.6 Å². The van der Waals surface area contributed by atoms with Crippen LogP contribution in [0.15, 0.2) is 11.1 Å². The molecule has 0 spiro atoms. The van der Waals surface area contributed by atoms with Gasteiger partial charge in [-0.2, -0.15) is 25.3 Å². The Morgan fingerprint density at radius 1 is 1.03 bits per heavy atom. The van der Waals surface area contributed by atoms with E-state index in [1.807, 2.05) is 20.8 Å². The lowest BCUT2D eigenvalue weighted by molar-refractivity contribution is -0.182. The molecule has 2 amide bonds. The van der Waals surface area contributed by atoms with E-state index in [2.05, 4.69) is 35.9 Å². The van der Waals surface area contributed by atoms with Crippen molar-refractivity contribution in [2.75, 3.05) is 24.6 Å². The summed E-state index contributed by atoms with van der Waals surface area (Å²) in [5, 5.41) is 25.5. The minimum atomic E-state index is -1.37. The highest BCUT2D eigenvalue weighted by atomic mass is 32.1. The Morgan fingerprint density at radius 3 is 2.03 bits per heavy atom. The molecule has 9 nitrogen and oxygen atoms in total. The quantitative estimate of drug-likeness (QED) is 0.182. The summed E-state index contributed by atoms with van der Waals surface area (Å²) in [6, 6.07) is 0. The Hall–Kier alpha value is -1.72. The molecule has 0 aromatic heterocycles. The molecular weight excluding hydrogens is 480 g/mol. The maximum Gasteiger partial charge on any atom is 0.313 e. The zero-order valence-electron chi connectivity index (χ0n) is 20.5. The van der Waals surface area contributed by atoms with Gasteiger partial charge in [-0.1, -0.05) is 26.3 Å². The number of allylic oxidation sites excluding steroid dienone is 1. The van der Waals surface area contributed by atoms with E-state index >= 15 is 0 Å². The van der Waals surface area contributed by atoms with E-state index < -0.39 is 53.7 Å². The molecule has 1 saturated heterocycles. The standard InChI is InChI=1S/C23H38N2O7S2/c1-12(2)16(20(27)25-7-9-34)18(22(30)31)14-10-13(19(26)24-6-8-33)17(21(28)29)15(32-14)11-23(3,4)5/h13-15,17-18,33-34H,6-11H2,1-5H3,(H,24,26)(H,25,27)(H,28,29)(H,30,31). The van der Waals surface area contributed by atoms with E-state index in [0.29, 0.717) is 23.5 Å². The van der Waals surface area contributed by atoms with Crippen LogP contribution in [0.2, 0.25) is 0 Å². The van der Waals surface area contributed by atoms with E-state index in [1.165, 1.54) is 0 Å². The highest BCUT2D eigenvalue weighted by molar-refractivity contribution is 7.80. The fourth-order valence-electron chi connectivity index (χ4n) is 4.34. The average Bonchev–Trinajstić information content (AvgIpc) is 2.71. The first-order valence-corrected chi connectivity index (χ1v) is 12.6. The van der Waals surface area contributed by atoms with Crippen molar-refractivity contribution in [3.63, 3.8) is 0 Å². The van der Waals surface area contributed by atoms with Crippen LogP contribution in [0.3, 0.4) is 0 Å². The molecule has 0 aromatic rings. The molecule has 11 heteroatoms. The van der Waals surface area contributed by atoms with E-state index in [4.69, 9.17) is 4.74 Å². The van der Waals surface area contributed by atoms with Crippen LogP contribution in [0.1, 0.15) is 47.5 Å². The number of hydrogen-bond acceptors (Lipinski definition) is 7. The summed E-state index contributed by atoms with van der Waals surface area (Å²) in [6.07, 6.45) is -1.84. The molecule has 34 heavy (non-hydrogen) atoms. The van der Waals surface area contributed by atoms with Gasteiger partial charge in [-0.25, -0.2) is 0 Å². The minimum Gasteiger partial charge on any atom is -0.481 e. The SMILES string of the molecule is CC(C)=C(C(=O)NCCS)C(C(=O)O)C1CC(C(=O)NCCS)C(C(=O)O)C(CC(C)(C)C)O1. The zero-order chi connectivity index (χ0) is 26.2. The molecule has 1 heterocycles. The van der Waals surface area contributed by atoms with Crippen molar-refractivity contribution >= 4 is 49.0 Å². The second-order valence-electron chi connectivity index (χ2n) is 9.91. The van der Waals surface area contributed by atoms with Crippen LogP contribution in [-0.2, 0) is 23.9 Å². The van der Waals surface area contributed by atoms with E-state index in [9.17, 15) is 29.4 Å². The first-order valence-electron chi connectivity index (χ1n) is 11.3. The van der Waals surface area contributed by atoms with Gasteiger partial charge < -0.3 is 25.6 Å². The monoisotopic (exact) mass is 518 g/mol.